The molecule has 1 N–H and O–H groups in total. The first-order valence-electron chi connectivity index (χ1n) is 11.5. The number of thiophene rings is 1. The predicted octanol–water partition coefficient (Wildman–Crippen LogP) is 5.07. The number of carbonyl (C=O) groups is 2. The lowest BCUT2D eigenvalue weighted by molar-refractivity contribution is -0.131. The lowest BCUT2D eigenvalue weighted by Crippen LogP contribution is -2.51. The molecule has 0 bridgehead atoms. The van der Waals surface area contributed by atoms with Crippen LogP contribution in [-0.4, -0.2) is 65.9 Å². The van der Waals surface area contributed by atoms with Crippen LogP contribution >= 0.6 is 27.3 Å². The van der Waals surface area contributed by atoms with E-state index in [1.165, 1.54) is 12.1 Å². The van der Waals surface area contributed by atoms with Crippen molar-refractivity contribution in [2.75, 3.05) is 44.6 Å². The van der Waals surface area contributed by atoms with Gasteiger partial charge < -0.3 is 15.1 Å². The van der Waals surface area contributed by atoms with E-state index in [-0.39, 0.29) is 17.8 Å². The molecule has 1 aliphatic rings. The van der Waals surface area contributed by atoms with E-state index in [1.54, 1.807) is 23.5 Å². The Morgan fingerprint density at radius 1 is 1.03 bits per heavy atom. The van der Waals surface area contributed by atoms with Crippen molar-refractivity contribution in [1.29, 1.82) is 0 Å². The Hall–Kier alpha value is -2.75. The van der Waals surface area contributed by atoms with Crippen LogP contribution in [0.25, 0.3) is 0 Å². The van der Waals surface area contributed by atoms with Crippen LogP contribution in [-0.2, 0) is 17.8 Å². The number of hydrogen-bond acceptors (Lipinski definition) is 4. The standard InChI is InChI=1S/C26H28BrFN4O2S/c27-21-3-1-4-23(17-21)29-26(34)31-13-10-30(11-14-31)12-15-32(19-20-6-8-22(28)9-7-20)25(33)18-24-5-2-16-35-24/h1-9,16-17H,10-15,18-19H2,(H,29,34). The van der Waals surface area contributed by atoms with Crippen LogP contribution in [0, 0.1) is 5.82 Å². The smallest absolute Gasteiger partial charge is 0.321 e. The maximum Gasteiger partial charge on any atom is 0.321 e. The van der Waals surface area contributed by atoms with Crippen molar-refractivity contribution in [2.24, 2.45) is 0 Å². The summed E-state index contributed by atoms with van der Waals surface area (Å²) in [6.07, 6.45) is 0.364. The van der Waals surface area contributed by atoms with E-state index in [1.807, 2.05) is 51.6 Å². The van der Waals surface area contributed by atoms with Crippen LogP contribution in [0.2, 0.25) is 0 Å². The summed E-state index contributed by atoms with van der Waals surface area (Å²) >= 11 is 4.99. The first kappa shape index (κ1) is 25.3. The Morgan fingerprint density at radius 3 is 2.49 bits per heavy atom. The molecule has 1 aromatic heterocycles. The fourth-order valence-electron chi connectivity index (χ4n) is 3.98. The number of hydrogen-bond donors (Lipinski definition) is 1. The van der Waals surface area contributed by atoms with Crippen molar-refractivity contribution < 1.29 is 14.0 Å². The number of urea groups is 1. The number of nitrogens with one attached hydrogen (secondary N) is 1. The second kappa shape index (κ2) is 12.3. The maximum atomic E-state index is 13.3. The SMILES string of the molecule is O=C(Cc1cccs1)N(CCN1CCN(C(=O)Nc2cccc(Br)c2)CC1)Cc1ccc(F)cc1. The molecule has 0 saturated carbocycles. The van der Waals surface area contributed by atoms with Gasteiger partial charge in [-0.25, -0.2) is 9.18 Å². The largest absolute Gasteiger partial charge is 0.337 e. The van der Waals surface area contributed by atoms with Gasteiger partial charge in [-0.3, -0.25) is 9.69 Å². The molecule has 0 spiro atoms. The monoisotopic (exact) mass is 558 g/mol. The molecule has 184 valence electrons. The molecule has 0 aliphatic carbocycles. The molecule has 1 fully saturated rings. The minimum Gasteiger partial charge on any atom is -0.337 e. The van der Waals surface area contributed by atoms with Gasteiger partial charge in [-0.1, -0.05) is 40.2 Å². The highest BCUT2D eigenvalue weighted by molar-refractivity contribution is 9.10. The Balaban J connectivity index is 1.29. The van der Waals surface area contributed by atoms with Crippen LogP contribution in [0.5, 0.6) is 0 Å². The van der Waals surface area contributed by atoms with E-state index in [2.05, 4.69) is 26.1 Å². The number of anilines is 1. The highest BCUT2D eigenvalue weighted by Crippen LogP contribution is 2.17. The average molecular weight is 560 g/mol. The zero-order valence-electron chi connectivity index (χ0n) is 19.3. The molecule has 0 radical (unpaired) electrons. The van der Waals surface area contributed by atoms with Gasteiger partial charge in [0.2, 0.25) is 5.91 Å². The van der Waals surface area contributed by atoms with Crippen LogP contribution in [0.1, 0.15) is 10.4 Å². The summed E-state index contributed by atoms with van der Waals surface area (Å²) in [6.45, 7) is 4.48. The normalized spacial score (nSPS) is 14.1. The minimum absolute atomic E-state index is 0.0591. The molecule has 3 aromatic rings. The van der Waals surface area contributed by atoms with Crippen LogP contribution in [0.15, 0.2) is 70.5 Å². The van der Waals surface area contributed by atoms with E-state index in [0.29, 0.717) is 32.6 Å². The first-order valence-corrected chi connectivity index (χ1v) is 13.2. The summed E-state index contributed by atoms with van der Waals surface area (Å²) in [4.78, 5) is 32.7. The highest BCUT2D eigenvalue weighted by atomic mass is 79.9. The van der Waals surface area contributed by atoms with Gasteiger partial charge in [0, 0.05) is 60.9 Å². The maximum absolute atomic E-state index is 13.3. The van der Waals surface area contributed by atoms with Crippen molar-refractivity contribution in [1.82, 2.24) is 14.7 Å². The quantitative estimate of drug-likeness (QED) is 0.420. The third-order valence-electron chi connectivity index (χ3n) is 5.97. The third-order valence-corrected chi connectivity index (χ3v) is 7.34. The summed E-state index contributed by atoms with van der Waals surface area (Å²) in [5.74, 6) is -0.226. The van der Waals surface area contributed by atoms with Crippen molar-refractivity contribution in [3.05, 3.63) is 86.8 Å². The molecular weight excluding hydrogens is 531 g/mol. The molecule has 1 aliphatic heterocycles. The van der Waals surface area contributed by atoms with Crippen LogP contribution in [0.3, 0.4) is 0 Å². The average Bonchev–Trinajstić information content (AvgIpc) is 3.36. The fraction of sp³-hybridized carbons (Fsp3) is 0.308. The molecule has 0 atom stereocenters. The van der Waals surface area contributed by atoms with E-state index >= 15 is 0 Å². The number of benzene rings is 2. The number of rotatable bonds is 8. The van der Waals surface area contributed by atoms with E-state index in [4.69, 9.17) is 0 Å². The first-order chi connectivity index (χ1) is 17.0. The topological polar surface area (TPSA) is 55.9 Å². The molecule has 4 rings (SSSR count). The van der Waals surface area contributed by atoms with E-state index < -0.39 is 0 Å². The van der Waals surface area contributed by atoms with Gasteiger partial charge in [-0.05, 0) is 47.3 Å². The summed E-state index contributed by atoms with van der Waals surface area (Å²) in [5, 5.41) is 4.92. The molecule has 6 nitrogen and oxygen atoms in total. The Bertz CT molecular complexity index is 1120. The molecule has 2 heterocycles. The second-order valence-corrected chi connectivity index (χ2v) is 10.4. The number of nitrogens with zero attached hydrogens (tertiary/aromatic N) is 3. The number of halogens is 2. The summed E-state index contributed by atoms with van der Waals surface area (Å²) in [5.41, 5.74) is 1.66. The van der Waals surface area contributed by atoms with Gasteiger partial charge in [0.1, 0.15) is 5.82 Å². The molecule has 2 aromatic carbocycles. The zero-order chi connectivity index (χ0) is 24.6. The van der Waals surface area contributed by atoms with Gasteiger partial charge >= 0.3 is 6.03 Å². The third kappa shape index (κ3) is 7.62. The molecule has 9 heteroatoms. The number of carbonyl (C=O) groups excluding carboxylic acids is 2. The van der Waals surface area contributed by atoms with Crippen molar-refractivity contribution in [2.45, 2.75) is 13.0 Å². The van der Waals surface area contributed by atoms with E-state index in [0.717, 1.165) is 40.2 Å². The second-order valence-electron chi connectivity index (χ2n) is 8.47. The molecule has 3 amide bonds. The Kier molecular flexibility index (Phi) is 8.90. The Labute approximate surface area is 217 Å². The minimum atomic E-state index is -0.285. The molecular formula is C26H28BrFN4O2S. The van der Waals surface area contributed by atoms with E-state index in [9.17, 15) is 14.0 Å². The molecule has 35 heavy (non-hydrogen) atoms. The summed E-state index contributed by atoms with van der Waals surface area (Å²) in [6, 6.07) is 17.7. The summed E-state index contributed by atoms with van der Waals surface area (Å²) in [7, 11) is 0. The zero-order valence-corrected chi connectivity index (χ0v) is 21.7. The number of piperazine rings is 1. The predicted molar refractivity (Wildman–Crippen MR) is 141 cm³/mol. The number of amides is 3. The van der Waals surface area contributed by atoms with Crippen molar-refractivity contribution in [3.63, 3.8) is 0 Å². The van der Waals surface area contributed by atoms with Gasteiger partial charge in [-0.2, -0.15) is 0 Å². The lowest BCUT2D eigenvalue weighted by atomic mass is 10.2. The van der Waals surface area contributed by atoms with Crippen LogP contribution < -0.4 is 5.32 Å². The van der Waals surface area contributed by atoms with Crippen molar-refractivity contribution >= 4 is 44.9 Å². The van der Waals surface area contributed by atoms with Crippen molar-refractivity contribution in [3.8, 4) is 0 Å². The van der Waals surface area contributed by atoms with Gasteiger partial charge in [0.25, 0.3) is 0 Å². The van der Waals surface area contributed by atoms with Gasteiger partial charge in [-0.15, -0.1) is 11.3 Å². The van der Waals surface area contributed by atoms with Crippen LogP contribution in [0.4, 0.5) is 14.9 Å². The fourth-order valence-corrected chi connectivity index (χ4v) is 5.08. The summed E-state index contributed by atoms with van der Waals surface area (Å²) < 4.78 is 14.2. The Morgan fingerprint density at radius 2 is 1.80 bits per heavy atom. The highest BCUT2D eigenvalue weighted by Gasteiger charge is 2.23. The molecule has 0 unspecified atom stereocenters. The lowest BCUT2D eigenvalue weighted by Gasteiger charge is -2.36. The van der Waals surface area contributed by atoms with Gasteiger partial charge in [0.15, 0.2) is 0 Å². The molecule has 1 saturated heterocycles. The van der Waals surface area contributed by atoms with Gasteiger partial charge in [0.05, 0.1) is 6.42 Å².